The lowest BCUT2D eigenvalue weighted by Crippen LogP contribution is -2.42. The van der Waals surface area contributed by atoms with E-state index in [4.69, 9.17) is 10.5 Å². The van der Waals surface area contributed by atoms with Gasteiger partial charge in [0, 0.05) is 4.88 Å². The van der Waals surface area contributed by atoms with Gasteiger partial charge in [0.05, 0.1) is 0 Å². The van der Waals surface area contributed by atoms with E-state index in [2.05, 4.69) is 0 Å². The van der Waals surface area contributed by atoms with Gasteiger partial charge >= 0.3 is 12.0 Å². The van der Waals surface area contributed by atoms with Gasteiger partial charge in [-0.1, -0.05) is 6.42 Å². The van der Waals surface area contributed by atoms with Crippen molar-refractivity contribution in [3.8, 4) is 0 Å². The number of carbonyl (C=O) groups excluding carboxylic acids is 3. The molecule has 6 nitrogen and oxygen atoms in total. The SMILES string of the molecule is C[C@@H](OC(=O)c1cc2c(s1)CCCCC2)C(=O)NC(N)=O. The number of rotatable bonds is 3. The van der Waals surface area contributed by atoms with Gasteiger partial charge in [-0.05, 0) is 44.2 Å². The second-order valence-electron chi connectivity index (χ2n) is 5.02. The fraction of sp³-hybridized carbons (Fsp3) is 0.500. The maximum absolute atomic E-state index is 12.0. The van der Waals surface area contributed by atoms with E-state index < -0.39 is 24.0 Å². The lowest BCUT2D eigenvalue weighted by atomic mass is 10.1. The zero-order chi connectivity index (χ0) is 15.4. The normalized spacial score (nSPS) is 15.5. The molecule has 0 saturated heterocycles. The Morgan fingerprint density at radius 2 is 2.00 bits per heavy atom. The Bertz CT molecular complexity index is 544. The minimum atomic E-state index is -1.06. The zero-order valence-corrected chi connectivity index (χ0v) is 12.6. The Hall–Kier alpha value is -1.89. The number of esters is 1. The second-order valence-corrected chi connectivity index (χ2v) is 6.16. The predicted octanol–water partition coefficient (Wildman–Crippen LogP) is 1.76. The molecule has 1 aromatic rings. The molecular weight excluding hydrogens is 292 g/mol. The molecule has 0 saturated carbocycles. The lowest BCUT2D eigenvalue weighted by Gasteiger charge is -2.10. The van der Waals surface area contributed by atoms with Crippen molar-refractivity contribution in [3.05, 3.63) is 21.4 Å². The van der Waals surface area contributed by atoms with Gasteiger partial charge in [-0.15, -0.1) is 11.3 Å². The molecule has 0 fully saturated rings. The molecule has 114 valence electrons. The van der Waals surface area contributed by atoms with Crippen molar-refractivity contribution >= 4 is 29.2 Å². The van der Waals surface area contributed by atoms with Crippen molar-refractivity contribution in [2.75, 3.05) is 0 Å². The van der Waals surface area contributed by atoms with E-state index in [0.717, 1.165) is 25.7 Å². The molecule has 1 atom stereocenters. The average Bonchev–Trinajstić information content (AvgIpc) is 2.69. The first-order valence-electron chi connectivity index (χ1n) is 6.90. The minimum absolute atomic E-state index is 0.501. The van der Waals surface area contributed by atoms with Gasteiger partial charge in [0.25, 0.3) is 5.91 Å². The monoisotopic (exact) mass is 310 g/mol. The number of thiophene rings is 1. The first-order chi connectivity index (χ1) is 9.97. The van der Waals surface area contributed by atoms with Gasteiger partial charge in [0.2, 0.25) is 0 Å². The molecule has 3 amide bonds. The highest BCUT2D eigenvalue weighted by molar-refractivity contribution is 7.14. The third-order valence-corrected chi connectivity index (χ3v) is 4.56. The van der Waals surface area contributed by atoms with Gasteiger partial charge in [0.15, 0.2) is 6.10 Å². The minimum Gasteiger partial charge on any atom is -0.448 e. The Morgan fingerprint density at radius 1 is 1.29 bits per heavy atom. The average molecular weight is 310 g/mol. The van der Waals surface area contributed by atoms with Crippen LogP contribution in [0.25, 0.3) is 0 Å². The lowest BCUT2D eigenvalue weighted by molar-refractivity contribution is -0.127. The summed E-state index contributed by atoms with van der Waals surface area (Å²) >= 11 is 1.43. The quantitative estimate of drug-likeness (QED) is 0.656. The van der Waals surface area contributed by atoms with Crippen LogP contribution in [-0.2, 0) is 22.4 Å². The topological polar surface area (TPSA) is 98.5 Å². The molecule has 0 unspecified atom stereocenters. The van der Waals surface area contributed by atoms with E-state index in [0.29, 0.717) is 4.88 Å². The summed E-state index contributed by atoms with van der Waals surface area (Å²) in [7, 11) is 0. The third-order valence-electron chi connectivity index (χ3n) is 3.35. The van der Waals surface area contributed by atoms with Crippen LogP contribution >= 0.6 is 11.3 Å². The molecule has 21 heavy (non-hydrogen) atoms. The van der Waals surface area contributed by atoms with Crippen LogP contribution in [0.5, 0.6) is 0 Å². The molecule has 1 heterocycles. The van der Waals surface area contributed by atoms with Crippen LogP contribution in [0, 0.1) is 0 Å². The van der Waals surface area contributed by atoms with E-state index in [9.17, 15) is 14.4 Å². The first kappa shape index (κ1) is 15.5. The van der Waals surface area contributed by atoms with E-state index >= 15 is 0 Å². The highest BCUT2D eigenvalue weighted by Crippen LogP contribution is 2.29. The largest absolute Gasteiger partial charge is 0.448 e. The van der Waals surface area contributed by atoms with Gasteiger partial charge in [-0.2, -0.15) is 0 Å². The van der Waals surface area contributed by atoms with Crippen LogP contribution in [0.15, 0.2) is 6.07 Å². The number of hydrogen-bond donors (Lipinski definition) is 2. The molecule has 3 N–H and O–H groups in total. The number of carbonyl (C=O) groups is 3. The van der Waals surface area contributed by atoms with E-state index in [-0.39, 0.29) is 0 Å². The third kappa shape index (κ3) is 4.04. The van der Waals surface area contributed by atoms with Crippen LogP contribution in [-0.4, -0.2) is 24.0 Å². The fourth-order valence-corrected chi connectivity index (χ4v) is 3.40. The molecule has 1 aliphatic rings. The van der Waals surface area contributed by atoms with Crippen molar-refractivity contribution in [3.63, 3.8) is 0 Å². The Balaban J connectivity index is 2.00. The van der Waals surface area contributed by atoms with Crippen LogP contribution in [0.2, 0.25) is 0 Å². The van der Waals surface area contributed by atoms with Crippen molar-refractivity contribution < 1.29 is 19.1 Å². The van der Waals surface area contributed by atoms with Gasteiger partial charge in [-0.25, -0.2) is 9.59 Å². The Labute approximate surface area is 126 Å². The zero-order valence-electron chi connectivity index (χ0n) is 11.8. The van der Waals surface area contributed by atoms with Crippen LogP contribution in [0.3, 0.4) is 0 Å². The van der Waals surface area contributed by atoms with Crippen molar-refractivity contribution in [2.24, 2.45) is 5.73 Å². The summed E-state index contributed by atoms with van der Waals surface area (Å²) in [6.07, 6.45) is 4.40. The van der Waals surface area contributed by atoms with Crippen LogP contribution in [0.1, 0.15) is 46.3 Å². The summed E-state index contributed by atoms with van der Waals surface area (Å²) in [5.74, 6) is -1.27. The van der Waals surface area contributed by atoms with Crippen molar-refractivity contribution in [1.82, 2.24) is 5.32 Å². The molecule has 0 aromatic carbocycles. The van der Waals surface area contributed by atoms with Crippen molar-refractivity contribution in [2.45, 2.75) is 45.1 Å². The summed E-state index contributed by atoms with van der Waals surface area (Å²) in [5.41, 5.74) is 6.05. The highest BCUT2D eigenvalue weighted by Gasteiger charge is 2.22. The molecule has 1 aliphatic carbocycles. The molecule has 1 aromatic heterocycles. The molecular formula is C14H18N2O4S. The van der Waals surface area contributed by atoms with E-state index in [1.807, 2.05) is 11.4 Å². The van der Waals surface area contributed by atoms with E-state index in [1.54, 1.807) is 0 Å². The van der Waals surface area contributed by atoms with Gasteiger partial charge in [-0.3, -0.25) is 10.1 Å². The van der Waals surface area contributed by atoms with E-state index in [1.165, 1.54) is 35.1 Å². The molecule has 0 spiro atoms. The molecule has 0 bridgehead atoms. The van der Waals surface area contributed by atoms with Crippen LogP contribution in [0.4, 0.5) is 4.79 Å². The maximum atomic E-state index is 12.0. The number of imide groups is 1. The Morgan fingerprint density at radius 3 is 2.71 bits per heavy atom. The molecule has 0 radical (unpaired) electrons. The number of primary amides is 1. The maximum Gasteiger partial charge on any atom is 0.349 e. The second kappa shape index (κ2) is 6.71. The van der Waals surface area contributed by atoms with Crippen LogP contribution < -0.4 is 11.1 Å². The predicted molar refractivity (Wildman–Crippen MR) is 78.2 cm³/mol. The number of aryl methyl sites for hydroxylation is 2. The first-order valence-corrected chi connectivity index (χ1v) is 7.72. The molecule has 7 heteroatoms. The molecule has 2 rings (SSSR count). The summed E-state index contributed by atoms with van der Waals surface area (Å²) in [6, 6.07) is 0.887. The number of ether oxygens (including phenoxy) is 1. The number of urea groups is 1. The summed E-state index contributed by atoms with van der Waals surface area (Å²) < 4.78 is 5.06. The summed E-state index contributed by atoms with van der Waals surface area (Å²) in [6.45, 7) is 1.40. The number of nitrogens with two attached hydrogens (primary N) is 1. The Kier molecular flexibility index (Phi) is 4.95. The van der Waals surface area contributed by atoms with Gasteiger partial charge in [0.1, 0.15) is 4.88 Å². The number of nitrogens with one attached hydrogen (secondary N) is 1. The smallest absolute Gasteiger partial charge is 0.349 e. The standard InChI is InChI=1S/C14H18N2O4S/c1-8(12(17)16-14(15)19)20-13(18)11-7-9-5-3-2-4-6-10(9)21-11/h7-8H,2-6H2,1H3,(H3,15,16,17,19)/t8-/m1/s1. The number of fused-ring (bicyclic) bond motifs is 1. The molecule has 0 aliphatic heterocycles. The summed E-state index contributed by atoms with van der Waals surface area (Å²) in [5, 5.41) is 1.88. The fourth-order valence-electron chi connectivity index (χ4n) is 2.26. The summed E-state index contributed by atoms with van der Waals surface area (Å²) in [4.78, 5) is 35.8. The van der Waals surface area contributed by atoms with Crippen molar-refractivity contribution in [1.29, 1.82) is 0 Å². The highest BCUT2D eigenvalue weighted by atomic mass is 32.1. The number of hydrogen-bond acceptors (Lipinski definition) is 5. The van der Waals surface area contributed by atoms with Gasteiger partial charge < -0.3 is 10.5 Å². The number of amides is 3.